The highest BCUT2D eigenvalue weighted by atomic mass is 16.1. The molecular weight excluding hydrogens is 272 g/mol. The lowest BCUT2D eigenvalue weighted by Crippen LogP contribution is -2.39. The fourth-order valence-electron chi connectivity index (χ4n) is 3.65. The Hall–Kier alpha value is -1.96. The van der Waals surface area contributed by atoms with Gasteiger partial charge < -0.3 is 0 Å². The smallest absolute Gasteiger partial charge is 0.167 e. The fraction of sp³-hybridized carbons (Fsp3) is 0.400. The zero-order valence-electron chi connectivity index (χ0n) is 13.5. The molecule has 0 saturated carbocycles. The maximum Gasteiger partial charge on any atom is 0.167 e. The van der Waals surface area contributed by atoms with Crippen molar-refractivity contribution >= 4 is 11.6 Å². The van der Waals surface area contributed by atoms with E-state index in [0.717, 1.165) is 19.3 Å². The van der Waals surface area contributed by atoms with Crippen LogP contribution in [0.3, 0.4) is 0 Å². The molecule has 0 saturated heterocycles. The van der Waals surface area contributed by atoms with Crippen molar-refractivity contribution in [1.29, 1.82) is 0 Å². The van der Waals surface area contributed by atoms with E-state index in [9.17, 15) is 9.59 Å². The lowest BCUT2D eigenvalue weighted by Gasteiger charge is -2.36. The van der Waals surface area contributed by atoms with E-state index < -0.39 is 0 Å². The summed E-state index contributed by atoms with van der Waals surface area (Å²) in [5.41, 5.74) is 5.16. The zero-order chi connectivity index (χ0) is 15.9. The molecule has 0 fully saturated rings. The Morgan fingerprint density at radius 1 is 1.05 bits per heavy atom. The quantitative estimate of drug-likeness (QED) is 0.737. The lowest BCUT2D eigenvalue weighted by molar-refractivity contribution is 0.0720. The predicted octanol–water partition coefficient (Wildman–Crippen LogP) is 4.76. The van der Waals surface area contributed by atoms with Crippen LogP contribution < -0.4 is 0 Å². The lowest BCUT2D eigenvalue weighted by atomic mass is 9.65. The Bertz CT molecular complexity index is 702. The summed E-state index contributed by atoms with van der Waals surface area (Å²) in [6.07, 6.45) is 4.58. The molecule has 0 radical (unpaired) electrons. The summed E-state index contributed by atoms with van der Waals surface area (Å²) in [4.78, 5) is 25.5. The molecule has 1 aromatic rings. The summed E-state index contributed by atoms with van der Waals surface area (Å²) in [6, 6.07) is 7.28. The molecule has 0 heterocycles. The second-order valence-corrected chi connectivity index (χ2v) is 6.76. The third-order valence-electron chi connectivity index (χ3n) is 4.97. The number of Topliss-reactive ketones (excluding diaryl/α,β-unsaturated/α-hetero) is 2. The third-order valence-corrected chi connectivity index (χ3v) is 4.97. The summed E-state index contributed by atoms with van der Waals surface area (Å²) >= 11 is 0. The first kappa shape index (κ1) is 15.0. The monoisotopic (exact) mass is 294 g/mol. The topological polar surface area (TPSA) is 34.1 Å². The molecule has 2 aliphatic rings. The summed E-state index contributed by atoms with van der Waals surface area (Å²) in [6.45, 7) is 6.29. The molecule has 0 aliphatic heterocycles. The number of benzene rings is 1. The van der Waals surface area contributed by atoms with Gasteiger partial charge in [-0.1, -0.05) is 47.1 Å². The van der Waals surface area contributed by atoms with E-state index in [4.69, 9.17) is 0 Å². The van der Waals surface area contributed by atoms with Gasteiger partial charge in [0.1, 0.15) is 0 Å². The number of hydrogen-bond donors (Lipinski definition) is 0. The molecule has 114 valence electrons. The van der Waals surface area contributed by atoms with Crippen molar-refractivity contribution in [2.45, 2.75) is 40.0 Å². The van der Waals surface area contributed by atoms with Crippen LogP contribution in [0.1, 0.15) is 60.7 Å². The van der Waals surface area contributed by atoms with Gasteiger partial charge in [0.15, 0.2) is 11.6 Å². The van der Waals surface area contributed by atoms with Crippen molar-refractivity contribution in [3.05, 3.63) is 58.2 Å². The number of allylic oxidation sites excluding steroid dienone is 4. The number of carbonyl (C=O) groups excluding carboxylic acids is 2. The number of ketones is 2. The van der Waals surface area contributed by atoms with Crippen LogP contribution in [-0.4, -0.2) is 11.6 Å². The van der Waals surface area contributed by atoms with Crippen LogP contribution in [0.2, 0.25) is 0 Å². The average molecular weight is 294 g/mol. The SMILES string of the molecule is CC(C)=CCC1=C(C)C[C@H]2C(=O)c3ccccc3C(=O)[C@H]2C1. The molecule has 0 amide bonds. The molecule has 2 heteroatoms. The third kappa shape index (κ3) is 2.47. The molecule has 2 nitrogen and oxygen atoms in total. The van der Waals surface area contributed by atoms with Gasteiger partial charge in [-0.3, -0.25) is 9.59 Å². The van der Waals surface area contributed by atoms with Crippen LogP contribution >= 0.6 is 0 Å². The van der Waals surface area contributed by atoms with Crippen molar-refractivity contribution in [2.24, 2.45) is 11.8 Å². The van der Waals surface area contributed by atoms with Crippen molar-refractivity contribution in [3.63, 3.8) is 0 Å². The summed E-state index contributed by atoms with van der Waals surface area (Å²) < 4.78 is 0. The molecular formula is C20H22O2. The Labute approximate surface area is 131 Å². The minimum absolute atomic E-state index is 0.154. The van der Waals surface area contributed by atoms with E-state index in [0.29, 0.717) is 11.1 Å². The standard InChI is InChI=1S/C20H22O2/c1-12(2)8-9-14-11-18-17(10-13(14)3)19(21)15-6-4-5-7-16(15)20(18)22/h4-8,17-18H,9-11H2,1-3H3/t17-,18+/m1/s1. The second-order valence-electron chi connectivity index (χ2n) is 6.76. The molecule has 3 rings (SSSR count). The minimum Gasteiger partial charge on any atom is -0.294 e. The van der Waals surface area contributed by atoms with Gasteiger partial charge in [-0.05, 0) is 40.0 Å². The first-order valence-electron chi connectivity index (χ1n) is 7.97. The zero-order valence-corrected chi connectivity index (χ0v) is 13.5. The van der Waals surface area contributed by atoms with Gasteiger partial charge in [0.25, 0.3) is 0 Å². The van der Waals surface area contributed by atoms with Crippen LogP contribution in [-0.2, 0) is 0 Å². The number of rotatable bonds is 2. The molecule has 0 spiro atoms. The van der Waals surface area contributed by atoms with Crippen molar-refractivity contribution < 1.29 is 9.59 Å². The molecule has 0 unspecified atom stereocenters. The highest BCUT2D eigenvalue weighted by Crippen LogP contribution is 2.42. The van der Waals surface area contributed by atoms with Gasteiger partial charge in [0.05, 0.1) is 0 Å². The Morgan fingerprint density at radius 3 is 2.14 bits per heavy atom. The van der Waals surface area contributed by atoms with Crippen LogP contribution in [0.4, 0.5) is 0 Å². The normalized spacial score (nSPS) is 24.0. The van der Waals surface area contributed by atoms with Gasteiger partial charge in [-0.2, -0.15) is 0 Å². The molecule has 22 heavy (non-hydrogen) atoms. The maximum absolute atomic E-state index is 12.8. The van der Waals surface area contributed by atoms with E-state index in [1.165, 1.54) is 16.7 Å². The Balaban J connectivity index is 1.96. The summed E-state index contributed by atoms with van der Waals surface area (Å²) in [5.74, 6) is -0.00673. The molecule has 2 atom stereocenters. The summed E-state index contributed by atoms with van der Waals surface area (Å²) in [5, 5.41) is 0. The predicted molar refractivity (Wildman–Crippen MR) is 88.1 cm³/mol. The van der Waals surface area contributed by atoms with E-state index in [1.54, 1.807) is 12.1 Å². The average Bonchev–Trinajstić information content (AvgIpc) is 2.51. The largest absolute Gasteiger partial charge is 0.294 e. The van der Waals surface area contributed by atoms with Crippen LogP contribution in [0.5, 0.6) is 0 Å². The second kappa shape index (κ2) is 5.68. The maximum atomic E-state index is 12.8. The van der Waals surface area contributed by atoms with Crippen molar-refractivity contribution in [1.82, 2.24) is 0 Å². The van der Waals surface area contributed by atoms with E-state index in [2.05, 4.69) is 26.8 Å². The summed E-state index contributed by atoms with van der Waals surface area (Å²) in [7, 11) is 0. The minimum atomic E-state index is -0.160. The van der Waals surface area contributed by atoms with Crippen molar-refractivity contribution in [3.8, 4) is 0 Å². The van der Waals surface area contributed by atoms with E-state index >= 15 is 0 Å². The van der Waals surface area contributed by atoms with E-state index in [-0.39, 0.29) is 23.4 Å². The van der Waals surface area contributed by atoms with E-state index in [1.807, 2.05) is 12.1 Å². The van der Waals surface area contributed by atoms with Crippen molar-refractivity contribution in [2.75, 3.05) is 0 Å². The Morgan fingerprint density at radius 2 is 1.59 bits per heavy atom. The van der Waals surface area contributed by atoms with Crippen LogP contribution in [0.15, 0.2) is 47.1 Å². The molecule has 0 N–H and O–H groups in total. The number of hydrogen-bond acceptors (Lipinski definition) is 2. The van der Waals surface area contributed by atoms with Gasteiger partial charge in [0, 0.05) is 23.0 Å². The highest BCUT2D eigenvalue weighted by Gasteiger charge is 2.43. The Kier molecular flexibility index (Phi) is 3.86. The van der Waals surface area contributed by atoms with Gasteiger partial charge in [0.2, 0.25) is 0 Å². The van der Waals surface area contributed by atoms with Gasteiger partial charge in [-0.15, -0.1) is 0 Å². The number of fused-ring (bicyclic) bond motifs is 2. The van der Waals surface area contributed by atoms with Gasteiger partial charge >= 0.3 is 0 Å². The van der Waals surface area contributed by atoms with Crippen LogP contribution in [0.25, 0.3) is 0 Å². The first-order chi connectivity index (χ1) is 10.5. The molecule has 0 aromatic heterocycles. The van der Waals surface area contributed by atoms with Crippen LogP contribution in [0, 0.1) is 11.8 Å². The molecule has 1 aromatic carbocycles. The molecule has 2 aliphatic carbocycles. The van der Waals surface area contributed by atoms with Gasteiger partial charge in [-0.25, -0.2) is 0 Å². The highest BCUT2D eigenvalue weighted by molar-refractivity contribution is 6.16. The molecule has 0 bridgehead atoms. The fourth-order valence-corrected chi connectivity index (χ4v) is 3.65. The first-order valence-corrected chi connectivity index (χ1v) is 7.97. The number of carbonyl (C=O) groups is 2.